The summed E-state index contributed by atoms with van der Waals surface area (Å²) in [6.45, 7) is 6.08. The summed E-state index contributed by atoms with van der Waals surface area (Å²) < 4.78 is 1.52. The molecule has 0 saturated carbocycles. The van der Waals surface area contributed by atoms with Gasteiger partial charge in [0.25, 0.3) is 0 Å². The molecule has 1 atom stereocenters. The molecule has 5 heteroatoms. The second kappa shape index (κ2) is 4.79. The molecule has 1 heterocycles. The number of aryl methyl sites for hydroxylation is 2. The number of rotatable bonds is 3. The molecular formula is C12H16N4S. The van der Waals surface area contributed by atoms with Gasteiger partial charge in [-0.1, -0.05) is 41.6 Å². The summed E-state index contributed by atoms with van der Waals surface area (Å²) in [5, 5.41) is 9.05. The van der Waals surface area contributed by atoms with Gasteiger partial charge in [-0.25, -0.2) is 4.68 Å². The number of hydrogen-bond donors (Lipinski definition) is 1. The van der Waals surface area contributed by atoms with Crippen LogP contribution in [0.4, 0.5) is 0 Å². The molecule has 0 fully saturated rings. The number of hydrogen-bond acceptors (Lipinski definition) is 4. The maximum absolute atomic E-state index is 5.83. The Morgan fingerprint density at radius 2 is 2.06 bits per heavy atom. The smallest absolute Gasteiger partial charge is 0.210 e. The zero-order valence-corrected chi connectivity index (χ0v) is 11.0. The molecule has 0 amide bonds. The monoisotopic (exact) mass is 248 g/mol. The molecule has 0 bridgehead atoms. The first-order valence-electron chi connectivity index (χ1n) is 5.48. The molecule has 0 aliphatic carbocycles. The summed E-state index contributed by atoms with van der Waals surface area (Å²) in [6, 6.07) is 8.47. The summed E-state index contributed by atoms with van der Waals surface area (Å²) in [6.07, 6.45) is 0. The highest BCUT2D eigenvalue weighted by atomic mass is 32.2. The minimum absolute atomic E-state index is 0.306. The van der Waals surface area contributed by atoms with Crippen molar-refractivity contribution in [1.82, 2.24) is 14.9 Å². The van der Waals surface area contributed by atoms with Crippen molar-refractivity contribution in [2.45, 2.75) is 31.2 Å². The van der Waals surface area contributed by atoms with E-state index in [1.165, 1.54) is 15.8 Å². The number of aromatic nitrogens is 3. The zero-order valence-electron chi connectivity index (χ0n) is 10.2. The highest BCUT2D eigenvalue weighted by Gasteiger charge is 2.13. The minimum Gasteiger partial charge on any atom is -0.336 e. The summed E-state index contributed by atoms with van der Waals surface area (Å²) in [5.74, 6) is 6.56. The van der Waals surface area contributed by atoms with Gasteiger partial charge in [-0.2, -0.15) is 0 Å². The number of nitrogens with zero attached hydrogens (tertiary/aromatic N) is 3. The number of nitrogens with two attached hydrogens (primary N) is 1. The Kier molecular flexibility index (Phi) is 3.38. The highest BCUT2D eigenvalue weighted by molar-refractivity contribution is 7.99. The van der Waals surface area contributed by atoms with E-state index in [0.29, 0.717) is 5.25 Å². The number of nitrogen functional groups attached to an aromatic ring is 1. The molecule has 0 radical (unpaired) electrons. The van der Waals surface area contributed by atoms with Gasteiger partial charge in [0, 0.05) is 5.25 Å². The number of thioether (sulfide) groups is 1. The fourth-order valence-corrected chi connectivity index (χ4v) is 2.51. The van der Waals surface area contributed by atoms with E-state index in [1.54, 1.807) is 11.8 Å². The Hall–Kier alpha value is -1.49. The topological polar surface area (TPSA) is 56.7 Å². The maximum Gasteiger partial charge on any atom is 0.210 e. The fourth-order valence-electron chi connectivity index (χ4n) is 1.58. The molecule has 90 valence electrons. The van der Waals surface area contributed by atoms with Crippen LogP contribution in [0.25, 0.3) is 0 Å². The summed E-state index contributed by atoms with van der Waals surface area (Å²) in [5.41, 5.74) is 2.54. The normalized spacial score (nSPS) is 12.6. The number of benzene rings is 1. The van der Waals surface area contributed by atoms with Gasteiger partial charge < -0.3 is 5.84 Å². The first kappa shape index (κ1) is 12.0. The third-order valence-corrected chi connectivity index (χ3v) is 3.74. The predicted molar refractivity (Wildman–Crippen MR) is 70.4 cm³/mol. The fraction of sp³-hybridized carbons (Fsp3) is 0.333. The minimum atomic E-state index is 0.306. The van der Waals surface area contributed by atoms with Crippen molar-refractivity contribution >= 4 is 11.8 Å². The van der Waals surface area contributed by atoms with Crippen LogP contribution in [0.3, 0.4) is 0 Å². The van der Waals surface area contributed by atoms with Gasteiger partial charge in [0.2, 0.25) is 5.16 Å². The first-order chi connectivity index (χ1) is 8.08. The molecular weight excluding hydrogens is 232 g/mol. The molecule has 1 aromatic heterocycles. The van der Waals surface area contributed by atoms with E-state index in [-0.39, 0.29) is 0 Å². The summed E-state index contributed by atoms with van der Waals surface area (Å²) in [7, 11) is 0. The van der Waals surface area contributed by atoms with Crippen molar-refractivity contribution < 1.29 is 0 Å². The van der Waals surface area contributed by atoms with E-state index >= 15 is 0 Å². The van der Waals surface area contributed by atoms with Crippen LogP contribution in [0, 0.1) is 13.8 Å². The van der Waals surface area contributed by atoms with E-state index in [1.807, 2.05) is 6.92 Å². The Morgan fingerprint density at radius 3 is 2.65 bits per heavy atom. The molecule has 17 heavy (non-hydrogen) atoms. The van der Waals surface area contributed by atoms with Crippen LogP contribution in [-0.4, -0.2) is 14.9 Å². The third-order valence-electron chi connectivity index (χ3n) is 2.63. The maximum atomic E-state index is 5.83. The lowest BCUT2D eigenvalue weighted by atomic mass is 10.1. The van der Waals surface area contributed by atoms with E-state index in [2.05, 4.69) is 48.3 Å². The van der Waals surface area contributed by atoms with Crippen LogP contribution in [-0.2, 0) is 0 Å². The lowest BCUT2D eigenvalue weighted by Gasteiger charge is -2.11. The van der Waals surface area contributed by atoms with Gasteiger partial charge in [-0.3, -0.25) is 0 Å². The Morgan fingerprint density at radius 1 is 1.29 bits per heavy atom. The molecule has 0 saturated heterocycles. The van der Waals surface area contributed by atoms with Crippen LogP contribution in [0.5, 0.6) is 0 Å². The molecule has 2 N–H and O–H groups in total. The molecule has 1 aromatic carbocycles. The van der Waals surface area contributed by atoms with Crippen molar-refractivity contribution in [1.29, 1.82) is 0 Å². The van der Waals surface area contributed by atoms with Crippen molar-refractivity contribution in [2.75, 3.05) is 5.84 Å². The lowest BCUT2D eigenvalue weighted by molar-refractivity contribution is 0.821. The molecule has 0 aliphatic rings. The van der Waals surface area contributed by atoms with Gasteiger partial charge in [0.1, 0.15) is 5.82 Å². The third kappa shape index (κ3) is 2.61. The van der Waals surface area contributed by atoms with Crippen LogP contribution in [0.2, 0.25) is 0 Å². The highest BCUT2D eigenvalue weighted by Crippen LogP contribution is 2.33. The Balaban J connectivity index is 2.17. The van der Waals surface area contributed by atoms with Gasteiger partial charge in [-0.15, -0.1) is 10.2 Å². The molecule has 2 rings (SSSR count). The van der Waals surface area contributed by atoms with Gasteiger partial charge in [0.05, 0.1) is 0 Å². The molecule has 1 unspecified atom stereocenters. The van der Waals surface area contributed by atoms with Crippen LogP contribution in [0.15, 0.2) is 29.4 Å². The van der Waals surface area contributed by atoms with Crippen LogP contribution in [0.1, 0.15) is 29.1 Å². The second-order valence-electron chi connectivity index (χ2n) is 4.07. The van der Waals surface area contributed by atoms with Gasteiger partial charge in [-0.05, 0) is 26.3 Å². The van der Waals surface area contributed by atoms with E-state index in [0.717, 1.165) is 11.0 Å². The van der Waals surface area contributed by atoms with E-state index in [9.17, 15) is 0 Å². The Bertz CT molecular complexity index is 521. The van der Waals surface area contributed by atoms with E-state index in [4.69, 9.17) is 5.84 Å². The second-order valence-corrected chi connectivity index (χ2v) is 5.38. The molecule has 0 spiro atoms. The van der Waals surface area contributed by atoms with Gasteiger partial charge in [0.15, 0.2) is 0 Å². The summed E-state index contributed by atoms with van der Waals surface area (Å²) >= 11 is 1.62. The largest absolute Gasteiger partial charge is 0.336 e. The zero-order chi connectivity index (χ0) is 12.4. The van der Waals surface area contributed by atoms with Crippen molar-refractivity contribution in [3.05, 3.63) is 41.2 Å². The average molecular weight is 248 g/mol. The average Bonchev–Trinajstić information content (AvgIpc) is 2.61. The lowest BCUT2D eigenvalue weighted by Crippen LogP contribution is -2.11. The van der Waals surface area contributed by atoms with Crippen molar-refractivity contribution in [3.8, 4) is 0 Å². The van der Waals surface area contributed by atoms with Crippen LogP contribution >= 0.6 is 11.8 Å². The Labute approximate surface area is 105 Å². The molecule has 2 aromatic rings. The quantitative estimate of drug-likeness (QED) is 0.669. The van der Waals surface area contributed by atoms with Crippen molar-refractivity contribution in [2.24, 2.45) is 0 Å². The van der Waals surface area contributed by atoms with E-state index < -0.39 is 0 Å². The van der Waals surface area contributed by atoms with Gasteiger partial charge >= 0.3 is 0 Å². The predicted octanol–water partition coefficient (Wildman–Crippen LogP) is 2.46. The molecule has 4 nitrogen and oxygen atoms in total. The SMILES string of the molecule is Cc1cccc(C(C)Sc2nnc(C)n2N)c1. The molecule has 0 aliphatic heterocycles. The standard InChI is InChI=1S/C12H16N4S/c1-8-5-4-6-11(7-8)9(2)17-12-15-14-10(3)16(12)13/h4-7,9H,13H2,1-3H3. The van der Waals surface area contributed by atoms with Crippen molar-refractivity contribution in [3.63, 3.8) is 0 Å². The summed E-state index contributed by atoms with van der Waals surface area (Å²) in [4.78, 5) is 0. The van der Waals surface area contributed by atoms with Crippen LogP contribution < -0.4 is 5.84 Å². The first-order valence-corrected chi connectivity index (χ1v) is 6.36.